The van der Waals surface area contributed by atoms with Gasteiger partial charge in [0.25, 0.3) is 11.3 Å². The number of aryl methyl sites for hydroxylation is 3. The minimum Gasteiger partial charge on any atom is -0.378 e. The second-order valence-electron chi connectivity index (χ2n) is 5.19. The molecule has 0 atom stereocenters. The van der Waals surface area contributed by atoms with Gasteiger partial charge in [-0.1, -0.05) is 6.07 Å². The quantitative estimate of drug-likeness (QED) is 0.777. The third-order valence-corrected chi connectivity index (χ3v) is 3.47. The third-order valence-electron chi connectivity index (χ3n) is 3.47. The summed E-state index contributed by atoms with van der Waals surface area (Å²) in [5.41, 5.74) is 4.03. The van der Waals surface area contributed by atoms with Gasteiger partial charge in [0.1, 0.15) is 5.82 Å². The molecule has 0 spiro atoms. The van der Waals surface area contributed by atoms with E-state index in [1.54, 1.807) is 6.92 Å². The van der Waals surface area contributed by atoms with E-state index in [1.165, 1.54) is 21.7 Å². The highest BCUT2D eigenvalue weighted by Crippen LogP contribution is 2.14. The van der Waals surface area contributed by atoms with Crippen LogP contribution in [0, 0.1) is 20.8 Å². The first-order valence-corrected chi connectivity index (χ1v) is 6.79. The summed E-state index contributed by atoms with van der Waals surface area (Å²) in [7, 11) is 0. The van der Waals surface area contributed by atoms with Crippen molar-refractivity contribution >= 4 is 23.9 Å². The zero-order valence-electron chi connectivity index (χ0n) is 12.7. The van der Waals surface area contributed by atoms with E-state index in [4.69, 9.17) is 0 Å². The normalized spacial score (nSPS) is 10.5. The van der Waals surface area contributed by atoms with Crippen LogP contribution in [0.15, 0.2) is 29.1 Å². The van der Waals surface area contributed by atoms with Crippen LogP contribution in [0.25, 0.3) is 5.78 Å². The van der Waals surface area contributed by atoms with Gasteiger partial charge in [-0.15, -0.1) is 12.4 Å². The lowest BCUT2D eigenvalue weighted by atomic mass is 10.1. The lowest BCUT2D eigenvalue weighted by Crippen LogP contribution is -2.14. The number of hydrogen-bond donors (Lipinski definition) is 2. The van der Waals surface area contributed by atoms with Crippen molar-refractivity contribution < 1.29 is 0 Å². The number of hydrogen-bond acceptors (Lipinski definition) is 4. The maximum Gasteiger partial charge on any atom is 0.274 e. The van der Waals surface area contributed by atoms with Gasteiger partial charge in [0.15, 0.2) is 0 Å². The summed E-state index contributed by atoms with van der Waals surface area (Å²) in [6.45, 7) is 6.44. The molecule has 0 amide bonds. The first-order valence-electron chi connectivity index (χ1n) is 6.79. The highest BCUT2D eigenvalue weighted by Gasteiger charge is 2.06. The molecule has 0 aliphatic carbocycles. The monoisotopic (exact) mass is 319 g/mol. The number of halogens is 1. The molecule has 0 fully saturated rings. The van der Waals surface area contributed by atoms with Crippen molar-refractivity contribution in [1.29, 1.82) is 0 Å². The number of nitrogens with one attached hydrogen (secondary N) is 2. The Labute approximate surface area is 134 Å². The Morgan fingerprint density at radius 3 is 2.64 bits per heavy atom. The van der Waals surface area contributed by atoms with Crippen molar-refractivity contribution in [2.45, 2.75) is 27.3 Å². The van der Waals surface area contributed by atoms with E-state index >= 15 is 0 Å². The standard InChI is InChI=1S/C15H17N5O.ClH/c1-9-4-5-12(6-10(9)2)16-8-13-18-15-17-11(3)7-14(21)20(15)19-13;/h4-7,16H,8H2,1-3H3,(H,17,18,19);1H. The number of aromatic nitrogens is 4. The Balaban J connectivity index is 0.00000176. The minimum absolute atomic E-state index is 0. The Morgan fingerprint density at radius 1 is 1.14 bits per heavy atom. The van der Waals surface area contributed by atoms with E-state index < -0.39 is 0 Å². The van der Waals surface area contributed by atoms with Crippen molar-refractivity contribution in [3.05, 3.63) is 57.3 Å². The molecular formula is C15H18ClN5O. The average Bonchev–Trinajstić information content (AvgIpc) is 2.83. The van der Waals surface area contributed by atoms with Crippen LogP contribution >= 0.6 is 12.4 Å². The van der Waals surface area contributed by atoms with Crippen molar-refractivity contribution in [2.24, 2.45) is 0 Å². The largest absolute Gasteiger partial charge is 0.378 e. The predicted octanol–water partition coefficient (Wildman–Crippen LogP) is 2.38. The molecule has 116 valence electrons. The lowest BCUT2D eigenvalue weighted by Gasteiger charge is -2.06. The Bertz CT molecular complexity index is 868. The van der Waals surface area contributed by atoms with Gasteiger partial charge in [0.05, 0.1) is 6.54 Å². The molecule has 2 heterocycles. The van der Waals surface area contributed by atoms with Crippen molar-refractivity contribution in [1.82, 2.24) is 19.6 Å². The molecule has 7 heteroatoms. The molecule has 3 rings (SSSR count). The van der Waals surface area contributed by atoms with E-state index in [2.05, 4.69) is 46.4 Å². The Kier molecular flexibility index (Phi) is 4.51. The summed E-state index contributed by atoms with van der Waals surface area (Å²) < 4.78 is 1.35. The van der Waals surface area contributed by atoms with Crippen molar-refractivity contribution in [3.63, 3.8) is 0 Å². The maximum absolute atomic E-state index is 11.8. The molecule has 0 unspecified atom stereocenters. The van der Waals surface area contributed by atoms with E-state index in [0.717, 1.165) is 5.69 Å². The molecular weight excluding hydrogens is 302 g/mol. The molecule has 1 aromatic carbocycles. The summed E-state index contributed by atoms with van der Waals surface area (Å²) in [5.74, 6) is 1.07. The molecule has 0 saturated heterocycles. The van der Waals surface area contributed by atoms with Crippen LogP contribution < -0.4 is 10.9 Å². The van der Waals surface area contributed by atoms with Crippen LogP contribution in [0.4, 0.5) is 5.69 Å². The minimum atomic E-state index is -0.151. The summed E-state index contributed by atoms with van der Waals surface area (Å²) in [6.07, 6.45) is 0. The molecule has 6 nitrogen and oxygen atoms in total. The second-order valence-corrected chi connectivity index (χ2v) is 5.19. The van der Waals surface area contributed by atoms with Gasteiger partial charge in [-0.05, 0) is 44.0 Å². The Morgan fingerprint density at radius 2 is 1.91 bits per heavy atom. The van der Waals surface area contributed by atoms with Gasteiger partial charge >= 0.3 is 0 Å². The van der Waals surface area contributed by atoms with Crippen LogP contribution in [0.1, 0.15) is 22.6 Å². The van der Waals surface area contributed by atoms with E-state index in [1.807, 2.05) is 6.07 Å². The molecule has 0 bridgehead atoms. The fraction of sp³-hybridized carbons (Fsp3) is 0.267. The first kappa shape index (κ1) is 16.0. The topological polar surface area (TPSA) is 75.1 Å². The number of H-pyrrole nitrogens is 1. The molecule has 0 aliphatic rings. The molecule has 0 radical (unpaired) electrons. The molecule has 22 heavy (non-hydrogen) atoms. The average molecular weight is 320 g/mol. The van der Waals surface area contributed by atoms with E-state index in [-0.39, 0.29) is 18.0 Å². The number of anilines is 1. The van der Waals surface area contributed by atoms with Crippen LogP contribution in [-0.2, 0) is 6.54 Å². The number of rotatable bonds is 3. The predicted molar refractivity (Wildman–Crippen MR) is 88.8 cm³/mol. The Hall–Kier alpha value is -2.34. The van der Waals surface area contributed by atoms with Gasteiger partial charge in [-0.25, -0.2) is 4.98 Å². The number of aromatic amines is 1. The van der Waals surface area contributed by atoms with E-state index in [0.29, 0.717) is 23.8 Å². The summed E-state index contributed by atoms with van der Waals surface area (Å²) in [6, 6.07) is 7.67. The zero-order valence-corrected chi connectivity index (χ0v) is 13.5. The van der Waals surface area contributed by atoms with Crippen LogP contribution in [0.3, 0.4) is 0 Å². The smallest absolute Gasteiger partial charge is 0.274 e. The zero-order chi connectivity index (χ0) is 15.0. The number of fused-ring (bicyclic) bond motifs is 1. The van der Waals surface area contributed by atoms with Gasteiger partial charge < -0.3 is 5.32 Å². The van der Waals surface area contributed by atoms with Crippen LogP contribution in [-0.4, -0.2) is 19.6 Å². The SMILES string of the molecule is Cc1cc(=O)n2[nH]c(CNc3ccc(C)c(C)c3)nc2n1.Cl. The third kappa shape index (κ3) is 3.12. The van der Waals surface area contributed by atoms with Gasteiger partial charge in [0, 0.05) is 17.4 Å². The molecule has 3 aromatic rings. The molecule has 0 saturated carbocycles. The first-order chi connectivity index (χ1) is 10.0. The summed E-state index contributed by atoms with van der Waals surface area (Å²) >= 11 is 0. The second kappa shape index (κ2) is 6.19. The highest BCUT2D eigenvalue weighted by molar-refractivity contribution is 5.85. The molecule has 0 aliphatic heterocycles. The fourth-order valence-electron chi connectivity index (χ4n) is 2.15. The summed E-state index contributed by atoms with van der Waals surface area (Å²) in [4.78, 5) is 20.4. The van der Waals surface area contributed by atoms with E-state index in [9.17, 15) is 4.79 Å². The summed E-state index contributed by atoms with van der Waals surface area (Å²) in [5, 5.41) is 6.24. The maximum atomic E-state index is 11.8. The van der Waals surface area contributed by atoms with Crippen molar-refractivity contribution in [2.75, 3.05) is 5.32 Å². The van der Waals surface area contributed by atoms with Gasteiger partial charge in [0.2, 0.25) is 0 Å². The van der Waals surface area contributed by atoms with Gasteiger partial charge in [-0.3, -0.25) is 9.89 Å². The fourth-order valence-corrected chi connectivity index (χ4v) is 2.15. The van der Waals surface area contributed by atoms with Crippen LogP contribution in [0.2, 0.25) is 0 Å². The number of nitrogens with zero attached hydrogens (tertiary/aromatic N) is 3. The molecule has 2 aromatic heterocycles. The van der Waals surface area contributed by atoms with Crippen molar-refractivity contribution in [3.8, 4) is 0 Å². The number of benzene rings is 1. The lowest BCUT2D eigenvalue weighted by molar-refractivity contribution is 0.852. The molecule has 2 N–H and O–H groups in total. The van der Waals surface area contributed by atoms with Crippen LogP contribution in [0.5, 0.6) is 0 Å². The van der Waals surface area contributed by atoms with Gasteiger partial charge in [-0.2, -0.15) is 9.50 Å². The highest BCUT2D eigenvalue weighted by atomic mass is 35.5.